The van der Waals surface area contributed by atoms with Crippen LogP contribution in [0.1, 0.15) is 38.5 Å². The molecule has 0 aromatic heterocycles. The summed E-state index contributed by atoms with van der Waals surface area (Å²) in [5.41, 5.74) is 0. The molecule has 1 rings (SSSR count). The van der Waals surface area contributed by atoms with Crippen molar-refractivity contribution in [1.29, 1.82) is 0 Å². The van der Waals surface area contributed by atoms with Crippen molar-refractivity contribution < 1.29 is 22.7 Å². The molecule has 1 aliphatic rings. The Morgan fingerprint density at radius 2 is 1.94 bits per heavy atom. The fourth-order valence-corrected chi connectivity index (χ4v) is 2.48. The number of alkyl halides is 3. The smallest absolute Gasteiger partial charge is 0.385 e. The number of rotatable bonds is 5. The van der Waals surface area contributed by atoms with Crippen LogP contribution in [0.15, 0.2) is 0 Å². The predicted octanol–water partition coefficient (Wildman–Crippen LogP) is 3.35. The van der Waals surface area contributed by atoms with Gasteiger partial charge in [-0.1, -0.05) is 12.8 Å². The molecule has 17 heavy (non-hydrogen) atoms. The van der Waals surface area contributed by atoms with Crippen molar-refractivity contribution in [1.82, 2.24) is 0 Å². The summed E-state index contributed by atoms with van der Waals surface area (Å²) in [4.78, 5) is 11.8. The second-order valence-electron chi connectivity index (χ2n) is 4.60. The summed E-state index contributed by atoms with van der Waals surface area (Å²) in [5.74, 6) is -2.49. The summed E-state index contributed by atoms with van der Waals surface area (Å²) in [7, 11) is 1.52. The van der Waals surface area contributed by atoms with Gasteiger partial charge in [-0.3, -0.25) is 4.79 Å². The highest BCUT2D eigenvalue weighted by molar-refractivity contribution is 5.81. The molecule has 0 aromatic carbocycles. The molecule has 1 fully saturated rings. The van der Waals surface area contributed by atoms with Gasteiger partial charge >= 0.3 is 6.18 Å². The largest absolute Gasteiger partial charge is 0.392 e. The molecule has 100 valence electrons. The monoisotopic (exact) mass is 252 g/mol. The van der Waals surface area contributed by atoms with Crippen LogP contribution < -0.4 is 0 Å². The van der Waals surface area contributed by atoms with E-state index in [0.29, 0.717) is 25.9 Å². The standard InChI is InChI=1S/C12H19F3O2/c1-17-8-4-7-11(16)9-5-2-3-6-10(9)12(13,14)15/h9-10H,2-8H2,1H3. The van der Waals surface area contributed by atoms with Crippen LogP contribution in [-0.2, 0) is 9.53 Å². The van der Waals surface area contributed by atoms with E-state index in [4.69, 9.17) is 4.74 Å². The van der Waals surface area contributed by atoms with Crippen LogP contribution in [0.3, 0.4) is 0 Å². The van der Waals surface area contributed by atoms with E-state index in [1.807, 2.05) is 0 Å². The minimum Gasteiger partial charge on any atom is -0.385 e. The van der Waals surface area contributed by atoms with E-state index in [2.05, 4.69) is 0 Å². The second-order valence-corrected chi connectivity index (χ2v) is 4.60. The summed E-state index contributed by atoms with van der Waals surface area (Å²) in [6, 6.07) is 0. The molecule has 0 radical (unpaired) electrons. The Morgan fingerprint density at radius 3 is 2.53 bits per heavy atom. The first-order chi connectivity index (χ1) is 7.96. The highest BCUT2D eigenvalue weighted by Crippen LogP contribution is 2.42. The van der Waals surface area contributed by atoms with Crippen LogP contribution in [0.25, 0.3) is 0 Å². The van der Waals surface area contributed by atoms with E-state index in [1.54, 1.807) is 0 Å². The molecule has 0 bridgehead atoms. The summed E-state index contributed by atoms with van der Waals surface area (Å²) in [6.07, 6.45) is -1.73. The van der Waals surface area contributed by atoms with Gasteiger partial charge in [0.2, 0.25) is 0 Å². The number of carbonyl (C=O) groups is 1. The second kappa shape index (κ2) is 6.38. The van der Waals surface area contributed by atoms with Crippen molar-refractivity contribution in [3.63, 3.8) is 0 Å². The minimum absolute atomic E-state index is 0.101. The van der Waals surface area contributed by atoms with Gasteiger partial charge in [0.05, 0.1) is 5.92 Å². The molecule has 0 aromatic rings. The van der Waals surface area contributed by atoms with Gasteiger partial charge in [0, 0.05) is 26.1 Å². The number of Topliss-reactive ketones (excluding diaryl/α,β-unsaturated/α-hetero) is 1. The third-order valence-electron chi connectivity index (χ3n) is 3.37. The SMILES string of the molecule is COCCCC(=O)C1CCCCC1C(F)(F)F. The third-order valence-corrected chi connectivity index (χ3v) is 3.37. The van der Waals surface area contributed by atoms with Crippen LogP contribution >= 0.6 is 0 Å². The predicted molar refractivity (Wildman–Crippen MR) is 57.6 cm³/mol. The number of carbonyl (C=O) groups excluding carboxylic acids is 1. The Bertz CT molecular complexity index is 251. The molecule has 2 nitrogen and oxygen atoms in total. The Morgan fingerprint density at radius 1 is 1.29 bits per heavy atom. The maximum absolute atomic E-state index is 12.8. The molecule has 2 unspecified atom stereocenters. The summed E-state index contributed by atoms with van der Waals surface area (Å²) in [5, 5.41) is 0. The number of hydrogen-bond acceptors (Lipinski definition) is 2. The van der Waals surface area contributed by atoms with E-state index in [-0.39, 0.29) is 18.6 Å². The molecule has 0 amide bonds. The van der Waals surface area contributed by atoms with Crippen LogP contribution in [0.5, 0.6) is 0 Å². The quantitative estimate of drug-likeness (QED) is 0.701. The Labute approximate surface area is 99.5 Å². The molecule has 2 atom stereocenters. The minimum atomic E-state index is -4.23. The van der Waals surface area contributed by atoms with Gasteiger partial charge in [0.15, 0.2) is 0 Å². The molecule has 0 spiro atoms. The number of halogens is 3. The molecule has 0 heterocycles. The molecule has 0 N–H and O–H groups in total. The fourth-order valence-electron chi connectivity index (χ4n) is 2.48. The maximum atomic E-state index is 12.8. The van der Waals surface area contributed by atoms with Crippen LogP contribution in [0.2, 0.25) is 0 Å². The highest BCUT2D eigenvalue weighted by Gasteiger charge is 2.47. The average Bonchev–Trinajstić information content (AvgIpc) is 2.28. The van der Waals surface area contributed by atoms with Crippen molar-refractivity contribution in [2.24, 2.45) is 11.8 Å². The van der Waals surface area contributed by atoms with Crippen molar-refractivity contribution in [3.8, 4) is 0 Å². The zero-order chi connectivity index (χ0) is 12.9. The van der Waals surface area contributed by atoms with Crippen LogP contribution in [0.4, 0.5) is 13.2 Å². The highest BCUT2D eigenvalue weighted by atomic mass is 19.4. The van der Waals surface area contributed by atoms with Gasteiger partial charge in [-0.2, -0.15) is 13.2 Å². The van der Waals surface area contributed by atoms with E-state index < -0.39 is 18.0 Å². The lowest BCUT2D eigenvalue weighted by Crippen LogP contribution is -2.37. The van der Waals surface area contributed by atoms with Crippen molar-refractivity contribution in [3.05, 3.63) is 0 Å². The first-order valence-electron chi connectivity index (χ1n) is 6.05. The first-order valence-corrected chi connectivity index (χ1v) is 6.05. The number of hydrogen-bond donors (Lipinski definition) is 0. The van der Waals surface area contributed by atoms with Gasteiger partial charge in [-0.25, -0.2) is 0 Å². The Kier molecular flexibility index (Phi) is 5.43. The van der Waals surface area contributed by atoms with Gasteiger partial charge in [-0.15, -0.1) is 0 Å². The lowest BCUT2D eigenvalue weighted by molar-refractivity contribution is -0.197. The molecular weight excluding hydrogens is 233 g/mol. The summed E-state index contributed by atoms with van der Waals surface area (Å²) >= 11 is 0. The average molecular weight is 252 g/mol. The molecule has 1 saturated carbocycles. The van der Waals surface area contributed by atoms with Crippen molar-refractivity contribution in [2.45, 2.75) is 44.7 Å². The number of ketones is 1. The number of ether oxygens (including phenoxy) is 1. The van der Waals surface area contributed by atoms with Crippen molar-refractivity contribution >= 4 is 5.78 Å². The molecule has 1 aliphatic carbocycles. The lowest BCUT2D eigenvalue weighted by Gasteiger charge is -2.32. The van der Waals surface area contributed by atoms with E-state index in [1.165, 1.54) is 7.11 Å². The first kappa shape index (κ1) is 14.5. The van der Waals surface area contributed by atoms with Crippen LogP contribution in [-0.4, -0.2) is 25.7 Å². The van der Waals surface area contributed by atoms with E-state index in [0.717, 1.165) is 6.42 Å². The summed E-state index contributed by atoms with van der Waals surface area (Å²) in [6.45, 7) is 0.426. The molecule has 5 heteroatoms. The molecule has 0 aliphatic heterocycles. The van der Waals surface area contributed by atoms with Crippen molar-refractivity contribution in [2.75, 3.05) is 13.7 Å². The van der Waals surface area contributed by atoms with Gasteiger partial charge < -0.3 is 4.74 Å². The van der Waals surface area contributed by atoms with E-state index >= 15 is 0 Å². The lowest BCUT2D eigenvalue weighted by atomic mass is 9.75. The fraction of sp³-hybridized carbons (Fsp3) is 0.917. The normalized spacial score (nSPS) is 25.9. The summed E-state index contributed by atoms with van der Waals surface area (Å²) < 4.78 is 43.1. The Balaban J connectivity index is 2.55. The van der Waals surface area contributed by atoms with E-state index in [9.17, 15) is 18.0 Å². The molecule has 0 saturated heterocycles. The number of methoxy groups -OCH3 is 1. The molecular formula is C12H19F3O2. The van der Waals surface area contributed by atoms with Gasteiger partial charge in [0.25, 0.3) is 0 Å². The maximum Gasteiger partial charge on any atom is 0.392 e. The zero-order valence-corrected chi connectivity index (χ0v) is 10.1. The van der Waals surface area contributed by atoms with Gasteiger partial charge in [0.1, 0.15) is 5.78 Å². The van der Waals surface area contributed by atoms with Gasteiger partial charge in [-0.05, 0) is 19.3 Å². The zero-order valence-electron chi connectivity index (χ0n) is 10.1. The Hall–Kier alpha value is -0.580. The third kappa shape index (κ3) is 4.30. The van der Waals surface area contributed by atoms with Crippen LogP contribution in [0, 0.1) is 11.8 Å². The topological polar surface area (TPSA) is 26.3 Å².